The number of amidine groups is 1. The zero-order chi connectivity index (χ0) is 12.5. The Labute approximate surface area is 111 Å². The van der Waals surface area contributed by atoms with E-state index < -0.39 is 0 Å². The van der Waals surface area contributed by atoms with E-state index in [4.69, 9.17) is 0 Å². The van der Waals surface area contributed by atoms with E-state index in [-0.39, 0.29) is 0 Å². The van der Waals surface area contributed by atoms with Crippen LogP contribution in [0.25, 0.3) is 0 Å². The molecule has 0 aromatic rings. The quantitative estimate of drug-likeness (QED) is 0.658. The Morgan fingerprint density at radius 3 is 2.82 bits per heavy atom. The Hall–Kier alpha value is -0.180. The summed E-state index contributed by atoms with van der Waals surface area (Å²) in [6.45, 7) is 7.81. The minimum absolute atomic E-state index is 0.582. The lowest BCUT2D eigenvalue weighted by atomic mass is 10.1. The normalized spacial score (nSPS) is 21.4. The first-order valence-electron chi connectivity index (χ1n) is 7.23. The van der Waals surface area contributed by atoms with Crippen LogP contribution in [0.4, 0.5) is 0 Å². The van der Waals surface area contributed by atoms with Gasteiger partial charge in [0, 0.05) is 11.3 Å². The fourth-order valence-electron chi connectivity index (χ4n) is 2.13. The molecule has 1 N–H and O–H groups in total. The summed E-state index contributed by atoms with van der Waals surface area (Å²) in [5.41, 5.74) is 0. The van der Waals surface area contributed by atoms with Gasteiger partial charge in [0.1, 0.15) is 0 Å². The molecule has 2 atom stereocenters. The van der Waals surface area contributed by atoms with E-state index >= 15 is 0 Å². The Morgan fingerprint density at radius 1 is 1.29 bits per heavy atom. The number of rotatable bonds is 8. The molecule has 2 nitrogen and oxygen atoms in total. The Balaban J connectivity index is 2.08. The standard InChI is InChI=1S/C14H28N2S/c1-4-6-7-8-10-12(3)16-14-15-11-13(17-14)9-5-2/h12-13H,4-11H2,1-3H3,(H,15,16). The van der Waals surface area contributed by atoms with E-state index in [1.807, 2.05) is 11.8 Å². The molecule has 0 aromatic carbocycles. The van der Waals surface area contributed by atoms with Gasteiger partial charge in [0.2, 0.25) is 0 Å². The van der Waals surface area contributed by atoms with Gasteiger partial charge in [-0.3, -0.25) is 4.99 Å². The maximum absolute atomic E-state index is 4.59. The minimum atomic E-state index is 0.582. The number of hydrogen-bond donors (Lipinski definition) is 1. The number of hydrogen-bond acceptors (Lipinski definition) is 3. The van der Waals surface area contributed by atoms with Crippen molar-refractivity contribution >= 4 is 16.9 Å². The topological polar surface area (TPSA) is 24.4 Å². The van der Waals surface area contributed by atoms with Crippen molar-refractivity contribution in [3.05, 3.63) is 0 Å². The second-order valence-electron chi connectivity index (χ2n) is 5.07. The lowest BCUT2D eigenvalue weighted by Gasteiger charge is -2.15. The van der Waals surface area contributed by atoms with Crippen LogP contribution in [-0.2, 0) is 0 Å². The maximum Gasteiger partial charge on any atom is 0.157 e. The summed E-state index contributed by atoms with van der Waals surface area (Å²) >= 11 is 1.95. The smallest absolute Gasteiger partial charge is 0.157 e. The van der Waals surface area contributed by atoms with Gasteiger partial charge in [-0.15, -0.1) is 0 Å². The van der Waals surface area contributed by atoms with Crippen LogP contribution in [0.15, 0.2) is 4.99 Å². The Morgan fingerprint density at radius 2 is 2.12 bits per heavy atom. The van der Waals surface area contributed by atoms with Gasteiger partial charge in [-0.1, -0.05) is 57.7 Å². The van der Waals surface area contributed by atoms with Gasteiger partial charge in [-0.05, 0) is 19.8 Å². The molecular formula is C14H28N2S. The van der Waals surface area contributed by atoms with Crippen LogP contribution in [0.1, 0.15) is 65.7 Å². The van der Waals surface area contributed by atoms with Crippen LogP contribution >= 0.6 is 11.8 Å². The second kappa shape index (κ2) is 8.84. The van der Waals surface area contributed by atoms with Gasteiger partial charge in [0.15, 0.2) is 5.17 Å². The molecule has 0 aliphatic carbocycles. The third kappa shape index (κ3) is 6.35. The summed E-state index contributed by atoms with van der Waals surface area (Å²) in [7, 11) is 0. The first-order valence-corrected chi connectivity index (χ1v) is 8.11. The minimum Gasteiger partial charge on any atom is -0.362 e. The lowest BCUT2D eigenvalue weighted by molar-refractivity contribution is 0.545. The zero-order valence-corrected chi connectivity index (χ0v) is 12.5. The van der Waals surface area contributed by atoms with Crippen molar-refractivity contribution in [2.24, 2.45) is 4.99 Å². The van der Waals surface area contributed by atoms with Crippen molar-refractivity contribution in [1.29, 1.82) is 0 Å². The largest absolute Gasteiger partial charge is 0.362 e. The third-order valence-electron chi connectivity index (χ3n) is 3.19. The molecular weight excluding hydrogens is 228 g/mol. The predicted octanol–water partition coefficient (Wildman–Crippen LogP) is 4.21. The summed E-state index contributed by atoms with van der Waals surface area (Å²) in [6, 6.07) is 0.582. The number of nitrogens with one attached hydrogen (secondary N) is 1. The Bertz CT molecular complexity index is 228. The summed E-state index contributed by atoms with van der Waals surface area (Å²) in [6.07, 6.45) is 9.26. The van der Waals surface area contributed by atoms with Crippen LogP contribution in [0.2, 0.25) is 0 Å². The van der Waals surface area contributed by atoms with Crippen LogP contribution in [0.3, 0.4) is 0 Å². The highest BCUT2D eigenvalue weighted by molar-refractivity contribution is 8.14. The molecule has 0 bridgehead atoms. The number of aliphatic imine (C=N–C) groups is 1. The van der Waals surface area contributed by atoms with Gasteiger partial charge in [-0.2, -0.15) is 0 Å². The monoisotopic (exact) mass is 256 g/mol. The van der Waals surface area contributed by atoms with Gasteiger partial charge in [0.25, 0.3) is 0 Å². The van der Waals surface area contributed by atoms with Gasteiger partial charge >= 0.3 is 0 Å². The summed E-state index contributed by atoms with van der Waals surface area (Å²) in [5.74, 6) is 0. The highest BCUT2D eigenvalue weighted by Gasteiger charge is 2.19. The molecule has 1 aliphatic heterocycles. The van der Waals surface area contributed by atoms with Gasteiger partial charge in [-0.25, -0.2) is 0 Å². The van der Waals surface area contributed by atoms with Crippen molar-refractivity contribution in [1.82, 2.24) is 5.32 Å². The molecule has 0 fully saturated rings. The molecule has 100 valence electrons. The van der Waals surface area contributed by atoms with Crippen molar-refractivity contribution in [2.45, 2.75) is 77.0 Å². The van der Waals surface area contributed by atoms with Gasteiger partial charge in [0.05, 0.1) is 6.54 Å². The molecule has 3 heteroatoms. The Kier molecular flexibility index (Phi) is 7.74. The summed E-state index contributed by atoms with van der Waals surface area (Å²) < 4.78 is 0. The first kappa shape index (κ1) is 14.9. The highest BCUT2D eigenvalue weighted by Crippen LogP contribution is 2.24. The van der Waals surface area contributed by atoms with Crippen molar-refractivity contribution < 1.29 is 0 Å². The maximum atomic E-state index is 4.59. The number of thioether (sulfide) groups is 1. The second-order valence-corrected chi connectivity index (χ2v) is 6.36. The molecule has 1 aliphatic rings. The molecule has 0 radical (unpaired) electrons. The third-order valence-corrected chi connectivity index (χ3v) is 4.38. The fraction of sp³-hybridized carbons (Fsp3) is 0.929. The molecule has 0 amide bonds. The number of unbranched alkanes of at least 4 members (excludes halogenated alkanes) is 3. The van der Waals surface area contributed by atoms with Crippen LogP contribution in [0.5, 0.6) is 0 Å². The molecule has 0 saturated carbocycles. The summed E-state index contributed by atoms with van der Waals surface area (Å²) in [5, 5.41) is 5.47. The van der Waals surface area contributed by atoms with Gasteiger partial charge < -0.3 is 5.32 Å². The van der Waals surface area contributed by atoms with E-state index in [9.17, 15) is 0 Å². The highest BCUT2D eigenvalue weighted by atomic mass is 32.2. The molecule has 2 unspecified atom stereocenters. The van der Waals surface area contributed by atoms with Crippen LogP contribution < -0.4 is 5.32 Å². The SMILES string of the molecule is CCCCCCC(C)NC1=NCC(CCC)S1. The van der Waals surface area contributed by atoms with E-state index in [1.165, 1.54) is 50.1 Å². The predicted molar refractivity (Wildman–Crippen MR) is 79.9 cm³/mol. The number of nitrogens with zero attached hydrogens (tertiary/aromatic N) is 1. The fourth-order valence-corrected chi connectivity index (χ4v) is 3.37. The van der Waals surface area contributed by atoms with E-state index in [2.05, 4.69) is 31.1 Å². The van der Waals surface area contributed by atoms with Crippen LogP contribution in [0, 0.1) is 0 Å². The molecule has 1 rings (SSSR count). The van der Waals surface area contributed by atoms with Crippen LogP contribution in [-0.4, -0.2) is 23.0 Å². The molecule has 0 saturated heterocycles. The molecule has 1 heterocycles. The first-order chi connectivity index (χ1) is 8.26. The van der Waals surface area contributed by atoms with Crippen molar-refractivity contribution in [3.8, 4) is 0 Å². The van der Waals surface area contributed by atoms with E-state index in [0.29, 0.717) is 6.04 Å². The summed E-state index contributed by atoms with van der Waals surface area (Å²) in [4.78, 5) is 4.59. The van der Waals surface area contributed by atoms with Crippen molar-refractivity contribution in [2.75, 3.05) is 6.54 Å². The van der Waals surface area contributed by atoms with E-state index in [0.717, 1.165) is 11.8 Å². The average Bonchev–Trinajstić information content (AvgIpc) is 2.73. The molecule has 0 spiro atoms. The molecule has 17 heavy (non-hydrogen) atoms. The zero-order valence-electron chi connectivity index (χ0n) is 11.7. The lowest BCUT2D eigenvalue weighted by Crippen LogP contribution is -2.29. The average molecular weight is 256 g/mol. The van der Waals surface area contributed by atoms with Crippen molar-refractivity contribution in [3.63, 3.8) is 0 Å². The van der Waals surface area contributed by atoms with E-state index in [1.54, 1.807) is 0 Å². The molecule has 0 aromatic heterocycles.